The van der Waals surface area contributed by atoms with Gasteiger partial charge in [0.05, 0.1) is 0 Å². The second-order valence-electron chi connectivity index (χ2n) is 3.30. The van der Waals surface area contributed by atoms with Gasteiger partial charge in [0, 0.05) is 18.2 Å². The van der Waals surface area contributed by atoms with Crippen molar-refractivity contribution in [1.82, 2.24) is 15.5 Å². The number of benzene rings is 1. The fourth-order valence-corrected chi connectivity index (χ4v) is 1.45. The quantitative estimate of drug-likeness (QED) is 0.845. The van der Waals surface area contributed by atoms with Crippen LogP contribution in [0, 0.1) is 0 Å². The lowest BCUT2D eigenvalue weighted by Crippen LogP contribution is -2.17. The van der Waals surface area contributed by atoms with Crippen molar-refractivity contribution in [3.05, 3.63) is 35.7 Å². The molecule has 0 atom stereocenters. The smallest absolute Gasteiger partial charge is 0.251 e. The molecule has 0 aliphatic rings. The first-order chi connectivity index (χ1) is 8.24. The molecule has 2 aromatic rings. The topological polar surface area (TPSA) is 68.0 Å². The number of nitrogens with one attached hydrogen (secondary N) is 1. The van der Waals surface area contributed by atoms with Gasteiger partial charge < -0.3 is 9.84 Å². The highest BCUT2D eigenvalue weighted by Gasteiger charge is 2.08. The summed E-state index contributed by atoms with van der Waals surface area (Å²) in [7, 11) is 1.59. The Morgan fingerprint density at radius 3 is 2.65 bits per heavy atom. The van der Waals surface area contributed by atoms with Crippen LogP contribution in [0.1, 0.15) is 16.2 Å². The van der Waals surface area contributed by atoms with Crippen LogP contribution in [0.5, 0.6) is 0 Å². The molecule has 0 aliphatic carbocycles. The third kappa shape index (κ3) is 2.45. The molecule has 5 nitrogen and oxygen atoms in total. The third-order valence-electron chi connectivity index (χ3n) is 2.21. The van der Waals surface area contributed by atoms with E-state index in [1.165, 1.54) is 0 Å². The maximum absolute atomic E-state index is 11.3. The molecule has 1 amide bonds. The minimum absolute atomic E-state index is 0.133. The lowest BCUT2D eigenvalue weighted by molar-refractivity contribution is 0.0963. The van der Waals surface area contributed by atoms with E-state index in [1.807, 2.05) is 0 Å². The first kappa shape index (κ1) is 11.6. The third-order valence-corrected chi connectivity index (χ3v) is 2.44. The summed E-state index contributed by atoms with van der Waals surface area (Å²) in [6.45, 7) is 0. The Balaban J connectivity index is 2.25. The molecular weight excluding hydrogens is 242 g/mol. The van der Waals surface area contributed by atoms with Crippen molar-refractivity contribution < 1.29 is 9.32 Å². The van der Waals surface area contributed by atoms with Gasteiger partial charge in [-0.1, -0.05) is 17.3 Å². The average Bonchev–Trinajstić information content (AvgIpc) is 2.87. The molecular formula is C11H10ClN3O2. The summed E-state index contributed by atoms with van der Waals surface area (Å²) in [4.78, 5) is 15.4. The summed E-state index contributed by atoms with van der Waals surface area (Å²) >= 11 is 5.56. The van der Waals surface area contributed by atoms with Crippen LogP contribution in [-0.4, -0.2) is 23.1 Å². The molecule has 88 valence electrons. The second kappa shape index (κ2) is 4.97. The molecule has 0 saturated heterocycles. The number of hydrogen-bond acceptors (Lipinski definition) is 4. The van der Waals surface area contributed by atoms with Gasteiger partial charge in [-0.15, -0.1) is 11.6 Å². The van der Waals surface area contributed by atoms with Gasteiger partial charge in [0.15, 0.2) is 0 Å². The highest BCUT2D eigenvalue weighted by atomic mass is 35.5. The van der Waals surface area contributed by atoms with Crippen LogP contribution in [-0.2, 0) is 5.88 Å². The van der Waals surface area contributed by atoms with Crippen LogP contribution in [0.4, 0.5) is 0 Å². The maximum atomic E-state index is 11.3. The van der Waals surface area contributed by atoms with Crippen LogP contribution in [0.2, 0.25) is 0 Å². The Kier molecular flexibility index (Phi) is 3.39. The first-order valence-electron chi connectivity index (χ1n) is 4.95. The van der Waals surface area contributed by atoms with Crippen LogP contribution < -0.4 is 5.32 Å². The summed E-state index contributed by atoms with van der Waals surface area (Å²) in [5.74, 6) is 0.885. The first-order valence-corrected chi connectivity index (χ1v) is 5.49. The molecule has 1 aromatic heterocycles. The van der Waals surface area contributed by atoms with Gasteiger partial charge in [-0.05, 0) is 12.1 Å². The van der Waals surface area contributed by atoms with Crippen molar-refractivity contribution in [3.63, 3.8) is 0 Å². The zero-order chi connectivity index (χ0) is 12.3. The highest BCUT2D eigenvalue weighted by molar-refractivity contribution is 6.16. The van der Waals surface area contributed by atoms with Crippen molar-refractivity contribution in [2.75, 3.05) is 7.05 Å². The monoisotopic (exact) mass is 251 g/mol. The molecule has 1 aromatic carbocycles. The molecule has 0 bridgehead atoms. The van der Waals surface area contributed by atoms with E-state index in [0.29, 0.717) is 17.3 Å². The number of carbonyl (C=O) groups is 1. The van der Waals surface area contributed by atoms with Gasteiger partial charge in [0.25, 0.3) is 5.91 Å². The number of halogens is 1. The number of amides is 1. The Labute approximate surface area is 103 Å². The predicted molar refractivity (Wildman–Crippen MR) is 62.7 cm³/mol. The molecule has 0 radical (unpaired) electrons. The van der Waals surface area contributed by atoms with Crippen LogP contribution in [0.25, 0.3) is 11.4 Å². The van der Waals surface area contributed by atoms with E-state index in [2.05, 4.69) is 15.5 Å². The van der Waals surface area contributed by atoms with Gasteiger partial charge >= 0.3 is 0 Å². The van der Waals surface area contributed by atoms with E-state index < -0.39 is 0 Å². The summed E-state index contributed by atoms with van der Waals surface area (Å²) < 4.78 is 4.89. The van der Waals surface area contributed by atoms with Crippen LogP contribution >= 0.6 is 11.6 Å². The summed E-state index contributed by atoms with van der Waals surface area (Å²) in [6, 6.07) is 6.91. The Bertz CT molecular complexity index is 522. The number of hydrogen-bond donors (Lipinski definition) is 1. The van der Waals surface area contributed by atoms with Crippen LogP contribution in [0.3, 0.4) is 0 Å². The molecule has 17 heavy (non-hydrogen) atoms. The van der Waals surface area contributed by atoms with Crippen molar-refractivity contribution in [1.29, 1.82) is 0 Å². The number of carbonyl (C=O) groups excluding carboxylic acids is 1. The standard InChI is InChI=1S/C11H10ClN3O2/c1-13-11(16)8-4-2-7(3-5-8)10-14-9(6-12)17-15-10/h2-5H,6H2,1H3,(H,13,16). The van der Waals surface area contributed by atoms with Crippen molar-refractivity contribution in [3.8, 4) is 11.4 Å². The molecule has 0 fully saturated rings. The number of rotatable bonds is 3. The zero-order valence-electron chi connectivity index (χ0n) is 9.11. The maximum Gasteiger partial charge on any atom is 0.251 e. The Morgan fingerprint density at radius 2 is 2.12 bits per heavy atom. The van der Waals surface area contributed by atoms with E-state index >= 15 is 0 Å². The lowest BCUT2D eigenvalue weighted by atomic mass is 10.1. The van der Waals surface area contributed by atoms with Crippen molar-refractivity contribution >= 4 is 17.5 Å². The predicted octanol–water partition coefficient (Wildman–Crippen LogP) is 1.83. The molecule has 6 heteroatoms. The molecule has 0 saturated carbocycles. The van der Waals surface area contributed by atoms with Crippen LogP contribution in [0.15, 0.2) is 28.8 Å². The van der Waals surface area contributed by atoms with E-state index in [9.17, 15) is 4.79 Å². The summed E-state index contributed by atoms with van der Waals surface area (Å²) in [5, 5.41) is 6.33. The molecule has 1 heterocycles. The van der Waals surface area contributed by atoms with E-state index in [-0.39, 0.29) is 11.8 Å². The Morgan fingerprint density at radius 1 is 1.41 bits per heavy atom. The highest BCUT2D eigenvalue weighted by Crippen LogP contribution is 2.17. The van der Waals surface area contributed by atoms with Crippen molar-refractivity contribution in [2.45, 2.75) is 5.88 Å². The minimum atomic E-state index is -0.133. The van der Waals surface area contributed by atoms with Gasteiger partial charge in [0.1, 0.15) is 5.88 Å². The molecule has 2 rings (SSSR count). The SMILES string of the molecule is CNC(=O)c1ccc(-c2noc(CCl)n2)cc1. The molecule has 1 N–H and O–H groups in total. The van der Waals surface area contributed by atoms with E-state index in [0.717, 1.165) is 5.56 Å². The average molecular weight is 252 g/mol. The normalized spacial score (nSPS) is 10.2. The molecule has 0 aliphatic heterocycles. The zero-order valence-corrected chi connectivity index (χ0v) is 9.86. The van der Waals surface area contributed by atoms with Gasteiger partial charge in [-0.2, -0.15) is 4.98 Å². The van der Waals surface area contributed by atoms with E-state index in [4.69, 9.17) is 16.1 Å². The fourth-order valence-electron chi connectivity index (χ4n) is 1.34. The van der Waals surface area contributed by atoms with Crippen molar-refractivity contribution in [2.24, 2.45) is 0 Å². The van der Waals surface area contributed by atoms with Gasteiger partial charge in [0.2, 0.25) is 11.7 Å². The Hall–Kier alpha value is -1.88. The molecule has 0 unspecified atom stereocenters. The van der Waals surface area contributed by atoms with Gasteiger partial charge in [-0.25, -0.2) is 0 Å². The number of alkyl halides is 1. The number of nitrogens with zero attached hydrogens (tertiary/aromatic N) is 2. The summed E-state index contributed by atoms with van der Waals surface area (Å²) in [5.41, 5.74) is 1.36. The lowest BCUT2D eigenvalue weighted by Gasteiger charge is -1.99. The largest absolute Gasteiger partial charge is 0.355 e. The van der Waals surface area contributed by atoms with E-state index in [1.54, 1.807) is 31.3 Å². The minimum Gasteiger partial charge on any atom is -0.355 e. The molecule has 0 spiro atoms. The fraction of sp³-hybridized carbons (Fsp3) is 0.182. The summed E-state index contributed by atoms with van der Waals surface area (Å²) in [6.07, 6.45) is 0. The van der Waals surface area contributed by atoms with Gasteiger partial charge in [-0.3, -0.25) is 4.79 Å². The number of aromatic nitrogens is 2. The second-order valence-corrected chi connectivity index (χ2v) is 3.57.